The van der Waals surface area contributed by atoms with E-state index in [4.69, 9.17) is 0 Å². The first kappa shape index (κ1) is 15.0. The zero-order valence-corrected chi connectivity index (χ0v) is 12.3. The molecule has 0 aliphatic rings. The number of benzene rings is 1. The standard InChI is InChI=1S/C15H20FN5/c1-17-15(18-8-7-12-9-20-21(2)11-12)19-10-13-5-3-4-6-14(13)16/h3-6,9,11H,7-8,10H2,1-2H3,(H2,17,18,19). The molecule has 0 atom stereocenters. The van der Waals surface area contributed by atoms with Crippen LogP contribution in [0.1, 0.15) is 11.1 Å². The van der Waals surface area contributed by atoms with Crippen molar-refractivity contribution in [3.63, 3.8) is 0 Å². The van der Waals surface area contributed by atoms with Crippen LogP contribution in [0.15, 0.2) is 41.7 Å². The van der Waals surface area contributed by atoms with Gasteiger partial charge in [0.05, 0.1) is 6.20 Å². The summed E-state index contributed by atoms with van der Waals surface area (Å²) in [6, 6.07) is 6.71. The molecular weight excluding hydrogens is 269 g/mol. The largest absolute Gasteiger partial charge is 0.356 e. The van der Waals surface area contributed by atoms with Gasteiger partial charge in [0.25, 0.3) is 0 Å². The quantitative estimate of drug-likeness (QED) is 0.647. The van der Waals surface area contributed by atoms with Gasteiger partial charge in [0.1, 0.15) is 5.82 Å². The molecule has 0 saturated carbocycles. The minimum atomic E-state index is -0.212. The van der Waals surface area contributed by atoms with Gasteiger partial charge in [0, 0.05) is 38.9 Å². The third-order valence-electron chi connectivity index (χ3n) is 3.09. The third kappa shape index (κ3) is 4.59. The Balaban J connectivity index is 1.77. The molecule has 0 aliphatic heterocycles. The van der Waals surface area contributed by atoms with E-state index in [1.54, 1.807) is 23.9 Å². The van der Waals surface area contributed by atoms with Gasteiger partial charge in [-0.25, -0.2) is 4.39 Å². The van der Waals surface area contributed by atoms with Gasteiger partial charge in [-0.15, -0.1) is 0 Å². The van der Waals surface area contributed by atoms with Gasteiger partial charge in [0.15, 0.2) is 5.96 Å². The van der Waals surface area contributed by atoms with Gasteiger partial charge >= 0.3 is 0 Å². The van der Waals surface area contributed by atoms with Crippen LogP contribution in [0.4, 0.5) is 4.39 Å². The first-order valence-corrected chi connectivity index (χ1v) is 6.84. The minimum Gasteiger partial charge on any atom is -0.356 e. The fraction of sp³-hybridized carbons (Fsp3) is 0.333. The van der Waals surface area contributed by atoms with Crippen LogP contribution >= 0.6 is 0 Å². The molecule has 2 rings (SSSR count). The van der Waals surface area contributed by atoms with Crippen molar-refractivity contribution in [1.82, 2.24) is 20.4 Å². The monoisotopic (exact) mass is 289 g/mol. The summed E-state index contributed by atoms with van der Waals surface area (Å²) < 4.78 is 15.3. The summed E-state index contributed by atoms with van der Waals surface area (Å²) in [5.41, 5.74) is 1.78. The number of aryl methyl sites for hydroxylation is 1. The molecule has 0 saturated heterocycles. The van der Waals surface area contributed by atoms with Crippen LogP contribution in [0.25, 0.3) is 0 Å². The average molecular weight is 289 g/mol. The van der Waals surface area contributed by atoms with Crippen molar-refractivity contribution in [3.8, 4) is 0 Å². The smallest absolute Gasteiger partial charge is 0.191 e. The molecule has 2 aromatic rings. The Kier molecular flexibility index (Phi) is 5.31. The van der Waals surface area contributed by atoms with Crippen molar-refractivity contribution in [2.24, 2.45) is 12.0 Å². The summed E-state index contributed by atoms with van der Waals surface area (Å²) in [5, 5.41) is 10.4. The fourth-order valence-corrected chi connectivity index (χ4v) is 1.97. The molecule has 0 spiro atoms. The van der Waals surface area contributed by atoms with Crippen LogP contribution in [-0.2, 0) is 20.0 Å². The van der Waals surface area contributed by atoms with Gasteiger partial charge in [-0.2, -0.15) is 5.10 Å². The second-order valence-corrected chi connectivity index (χ2v) is 4.72. The van der Waals surface area contributed by atoms with E-state index in [1.165, 1.54) is 6.07 Å². The summed E-state index contributed by atoms with van der Waals surface area (Å²) in [6.45, 7) is 1.14. The summed E-state index contributed by atoms with van der Waals surface area (Å²) in [7, 11) is 3.59. The Labute approximate surface area is 123 Å². The van der Waals surface area contributed by atoms with Gasteiger partial charge < -0.3 is 10.6 Å². The number of hydrogen-bond acceptors (Lipinski definition) is 2. The lowest BCUT2D eigenvalue weighted by Crippen LogP contribution is -2.38. The molecule has 0 amide bonds. The number of rotatable bonds is 5. The molecular formula is C15H20FN5. The number of nitrogens with one attached hydrogen (secondary N) is 2. The SMILES string of the molecule is CN=C(NCCc1cnn(C)c1)NCc1ccccc1F. The topological polar surface area (TPSA) is 54.2 Å². The second kappa shape index (κ2) is 7.42. The average Bonchev–Trinajstić information content (AvgIpc) is 2.90. The summed E-state index contributed by atoms with van der Waals surface area (Å²) >= 11 is 0. The highest BCUT2D eigenvalue weighted by molar-refractivity contribution is 5.79. The first-order valence-electron chi connectivity index (χ1n) is 6.84. The number of hydrogen-bond donors (Lipinski definition) is 2. The van der Waals surface area contributed by atoms with Crippen molar-refractivity contribution < 1.29 is 4.39 Å². The summed E-state index contributed by atoms with van der Waals surface area (Å²) in [4.78, 5) is 4.12. The molecule has 0 bridgehead atoms. The molecule has 112 valence electrons. The van der Waals surface area contributed by atoms with E-state index in [2.05, 4.69) is 20.7 Å². The molecule has 0 radical (unpaired) electrons. The zero-order chi connectivity index (χ0) is 15.1. The number of nitrogens with zero attached hydrogens (tertiary/aromatic N) is 3. The summed E-state index contributed by atoms with van der Waals surface area (Å²) in [5.74, 6) is 0.443. The maximum Gasteiger partial charge on any atom is 0.191 e. The van der Waals surface area contributed by atoms with E-state index in [9.17, 15) is 4.39 Å². The minimum absolute atomic E-state index is 0.212. The highest BCUT2D eigenvalue weighted by Crippen LogP contribution is 2.05. The van der Waals surface area contributed by atoms with Crippen molar-refractivity contribution in [2.75, 3.05) is 13.6 Å². The lowest BCUT2D eigenvalue weighted by molar-refractivity contribution is 0.604. The molecule has 6 heteroatoms. The van der Waals surface area contributed by atoms with Crippen LogP contribution in [0, 0.1) is 5.82 Å². The Morgan fingerprint density at radius 1 is 1.33 bits per heavy atom. The molecule has 0 unspecified atom stereocenters. The van der Waals surface area contributed by atoms with Crippen molar-refractivity contribution >= 4 is 5.96 Å². The molecule has 5 nitrogen and oxygen atoms in total. The van der Waals surface area contributed by atoms with Gasteiger partial charge in [-0.1, -0.05) is 18.2 Å². The fourth-order valence-electron chi connectivity index (χ4n) is 1.97. The van der Waals surface area contributed by atoms with Crippen LogP contribution in [0.5, 0.6) is 0 Å². The van der Waals surface area contributed by atoms with Gasteiger partial charge in [-0.05, 0) is 18.1 Å². The Hall–Kier alpha value is -2.37. The van der Waals surface area contributed by atoms with E-state index < -0.39 is 0 Å². The molecule has 21 heavy (non-hydrogen) atoms. The lowest BCUT2D eigenvalue weighted by Gasteiger charge is -2.11. The van der Waals surface area contributed by atoms with Crippen LogP contribution < -0.4 is 10.6 Å². The third-order valence-corrected chi connectivity index (χ3v) is 3.09. The Bertz CT molecular complexity index is 606. The maximum absolute atomic E-state index is 13.5. The van der Waals surface area contributed by atoms with Gasteiger partial charge in [-0.3, -0.25) is 9.67 Å². The highest BCUT2D eigenvalue weighted by Gasteiger charge is 2.03. The van der Waals surface area contributed by atoms with Crippen molar-refractivity contribution in [2.45, 2.75) is 13.0 Å². The molecule has 0 fully saturated rings. The van der Waals surface area contributed by atoms with E-state index in [-0.39, 0.29) is 5.82 Å². The van der Waals surface area contributed by atoms with E-state index in [1.807, 2.05) is 25.5 Å². The van der Waals surface area contributed by atoms with E-state index >= 15 is 0 Å². The van der Waals surface area contributed by atoms with Crippen LogP contribution in [0.3, 0.4) is 0 Å². The number of aliphatic imine (C=N–C) groups is 1. The first-order chi connectivity index (χ1) is 10.2. The predicted molar refractivity (Wildman–Crippen MR) is 81.5 cm³/mol. The van der Waals surface area contributed by atoms with E-state index in [0.29, 0.717) is 18.1 Å². The predicted octanol–water partition coefficient (Wildman–Crippen LogP) is 1.47. The van der Waals surface area contributed by atoms with Gasteiger partial charge in [0.2, 0.25) is 0 Å². The molecule has 0 aliphatic carbocycles. The Morgan fingerprint density at radius 3 is 2.81 bits per heavy atom. The van der Waals surface area contributed by atoms with Crippen molar-refractivity contribution in [1.29, 1.82) is 0 Å². The lowest BCUT2D eigenvalue weighted by atomic mass is 10.2. The Morgan fingerprint density at radius 2 is 2.14 bits per heavy atom. The van der Waals surface area contributed by atoms with Crippen LogP contribution in [0.2, 0.25) is 0 Å². The number of guanidine groups is 1. The second-order valence-electron chi connectivity index (χ2n) is 4.72. The maximum atomic E-state index is 13.5. The van der Waals surface area contributed by atoms with Crippen LogP contribution in [-0.4, -0.2) is 29.3 Å². The zero-order valence-electron chi connectivity index (χ0n) is 12.3. The molecule has 2 N–H and O–H groups in total. The normalized spacial score (nSPS) is 11.5. The molecule has 1 aromatic heterocycles. The highest BCUT2D eigenvalue weighted by atomic mass is 19.1. The van der Waals surface area contributed by atoms with E-state index in [0.717, 1.165) is 18.5 Å². The molecule has 1 heterocycles. The number of aromatic nitrogens is 2. The van der Waals surface area contributed by atoms with Crippen molar-refractivity contribution in [3.05, 3.63) is 53.6 Å². The molecule has 1 aromatic carbocycles. The number of halogens is 1. The summed E-state index contributed by atoms with van der Waals surface area (Å²) in [6.07, 6.45) is 4.68.